The van der Waals surface area contributed by atoms with Gasteiger partial charge in [0.15, 0.2) is 0 Å². The fraction of sp³-hybridized carbons (Fsp3) is 0.278. The van der Waals surface area contributed by atoms with Crippen molar-refractivity contribution in [2.45, 2.75) is 24.5 Å². The largest absolute Gasteiger partial charge is 0.494 e. The minimum Gasteiger partial charge on any atom is -0.494 e. The summed E-state index contributed by atoms with van der Waals surface area (Å²) >= 11 is 1.38. The summed E-state index contributed by atoms with van der Waals surface area (Å²) < 4.78 is 42.8. The molecule has 2 aromatic rings. The van der Waals surface area contributed by atoms with E-state index in [-0.39, 0.29) is 18.2 Å². The second-order valence-electron chi connectivity index (χ2n) is 5.16. The predicted octanol–water partition coefficient (Wildman–Crippen LogP) is 4.51. The van der Waals surface area contributed by atoms with Gasteiger partial charge < -0.3 is 10.1 Å². The van der Waals surface area contributed by atoms with Crippen LogP contribution in [0.3, 0.4) is 0 Å². The highest BCUT2D eigenvalue weighted by atomic mass is 32.2. The van der Waals surface area contributed by atoms with Crippen LogP contribution >= 0.6 is 11.8 Å². The summed E-state index contributed by atoms with van der Waals surface area (Å²) in [5.74, 6) is 0.826. The van der Waals surface area contributed by atoms with Crippen LogP contribution in [-0.4, -0.2) is 18.3 Å². The molecule has 0 heterocycles. The van der Waals surface area contributed by atoms with Crippen molar-refractivity contribution in [3.63, 3.8) is 0 Å². The highest BCUT2D eigenvalue weighted by Gasteiger charge is 2.29. The van der Waals surface area contributed by atoms with Gasteiger partial charge in [0.05, 0.1) is 17.9 Å². The molecule has 0 saturated carbocycles. The van der Waals surface area contributed by atoms with E-state index in [1.54, 1.807) is 0 Å². The molecule has 25 heavy (non-hydrogen) atoms. The van der Waals surface area contributed by atoms with E-state index in [0.29, 0.717) is 12.2 Å². The SMILES string of the molecule is CCOc1ccc(SCC(=O)NCc2ccc(C(F)(F)F)cc2)cc1. The number of carbonyl (C=O) groups excluding carboxylic acids is 1. The van der Waals surface area contributed by atoms with Gasteiger partial charge in [-0.25, -0.2) is 0 Å². The molecule has 134 valence electrons. The van der Waals surface area contributed by atoms with Crippen molar-refractivity contribution in [2.75, 3.05) is 12.4 Å². The quantitative estimate of drug-likeness (QED) is 0.730. The Labute approximate surface area is 148 Å². The van der Waals surface area contributed by atoms with Crippen LogP contribution in [0, 0.1) is 0 Å². The summed E-state index contributed by atoms with van der Waals surface area (Å²) in [5.41, 5.74) is -0.0824. The zero-order valence-electron chi connectivity index (χ0n) is 13.6. The number of alkyl halides is 3. The average molecular weight is 369 g/mol. The van der Waals surface area contributed by atoms with E-state index in [1.807, 2.05) is 31.2 Å². The highest BCUT2D eigenvalue weighted by Crippen LogP contribution is 2.29. The van der Waals surface area contributed by atoms with E-state index in [9.17, 15) is 18.0 Å². The number of carbonyl (C=O) groups is 1. The minimum atomic E-state index is -4.35. The summed E-state index contributed by atoms with van der Waals surface area (Å²) in [4.78, 5) is 12.8. The van der Waals surface area contributed by atoms with Crippen molar-refractivity contribution in [3.05, 3.63) is 59.7 Å². The third kappa shape index (κ3) is 6.34. The van der Waals surface area contributed by atoms with Gasteiger partial charge in [-0.3, -0.25) is 4.79 Å². The van der Waals surface area contributed by atoms with E-state index in [1.165, 1.54) is 23.9 Å². The molecule has 0 fully saturated rings. The maximum absolute atomic E-state index is 12.5. The number of benzene rings is 2. The van der Waals surface area contributed by atoms with Crippen LogP contribution < -0.4 is 10.1 Å². The predicted molar refractivity (Wildman–Crippen MR) is 91.6 cm³/mol. The first kappa shape index (κ1) is 19.2. The molecule has 3 nitrogen and oxygen atoms in total. The first-order chi connectivity index (χ1) is 11.9. The van der Waals surface area contributed by atoms with Crippen LogP contribution in [0.2, 0.25) is 0 Å². The van der Waals surface area contributed by atoms with Gasteiger partial charge in [-0.15, -0.1) is 11.8 Å². The third-order valence-corrected chi connectivity index (χ3v) is 4.29. The van der Waals surface area contributed by atoms with Gasteiger partial charge in [0.25, 0.3) is 0 Å². The normalized spacial score (nSPS) is 11.2. The number of halogens is 3. The zero-order chi connectivity index (χ0) is 18.3. The zero-order valence-corrected chi connectivity index (χ0v) is 14.4. The van der Waals surface area contributed by atoms with Crippen LogP contribution in [0.1, 0.15) is 18.1 Å². The van der Waals surface area contributed by atoms with Crippen molar-refractivity contribution >= 4 is 17.7 Å². The average Bonchev–Trinajstić information content (AvgIpc) is 2.59. The molecule has 1 N–H and O–H groups in total. The van der Waals surface area contributed by atoms with Gasteiger partial charge >= 0.3 is 6.18 Å². The Balaban J connectivity index is 1.77. The van der Waals surface area contributed by atoms with Gasteiger partial charge in [0.2, 0.25) is 5.91 Å². The number of hydrogen-bond acceptors (Lipinski definition) is 3. The Kier molecular flexibility index (Phi) is 6.75. The highest BCUT2D eigenvalue weighted by molar-refractivity contribution is 8.00. The van der Waals surface area contributed by atoms with E-state index in [2.05, 4.69) is 5.32 Å². The first-order valence-electron chi connectivity index (χ1n) is 7.67. The topological polar surface area (TPSA) is 38.3 Å². The number of rotatable bonds is 7. The molecule has 0 aliphatic heterocycles. The molecule has 0 saturated heterocycles. The van der Waals surface area contributed by atoms with Crippen LogP contribution in [0.4, 0.5) is 13.2 Å². The molecule has 7 heteroatoms. The standard InChI is InChI=1S/C18H18F3NO2S/c1-2-24-15-7-9-16(10-8-15)25-12-17(23)22-11-13-3-5-14(6-4-13)18(19,20)21/h3-10H,2,11-12H2,1H3,(H,22,23). The molecule has 0 atom stereocenters. The lowest BCUT2D eigenvalue weighted by Crippen LogP contribution is -2.24. The summed E-state index contributed by atoms with van der Waals surface area (Å²) in [5, 5.41) is 2.69. The van der Waals surface area contributed by atoms with Crippen molar-refractivity contribution in [3.8, 4) is 5.75 Å². The molecule has 1 amide bonds. The number of ether oxygens (including phenoxy) is 1. The molecule has 0 unspecified atom stereocenters. The second-order valence-corrected chi connectivity index (χ2v) is 6.21. The molecule has 0 radical (unpaired) electrons. The molecule has 2 aromatic carbocycles. The maximum atomic E-state index is 12.5. The Bertz CT molecular complexity index is 685. The van der Waals surface area contributed by atoms with E-state index in [4.69, 9.17) is 4.74 Å². The summed E-state index contributed by atoms with van der Waals surface area (Å²) in [6.07, 6.45) is -4.35. The number of hydrogen-bond donors (Lipinski definition) is 1. The molecular weight excluding hydrogens is 351 g/mol. The Hall–Kier alpha value is -2.15. The molecule has 0 aromatic heterocycles. The lowest BCUT2D eigenvalue weighted by molar-refractivity contribution is -0.137. The van der Waals surface area contributed by atoms with Gasteiger partial charge in [0.1, 0.15) is 5.75 Å². The Morgan fingerprint density at radius 3 is 2.28 bits per heavy atom. The molecule has 0 bridgehead atoms. The molecule has 0 spiro atoms. The van der Waals surface area contributed by atoms with Crippen molar-refractivity contribution in [1.82, 2.24) is 5.32 Å². The molecule has 0 aliphatic rings. The van der Waals surface area contributed by atoms with Crippen LogP contribution in [-0.2, 0) is 17.5 Å². The van der Waals surface area contributed by atoms with Gasteiger partial charge in [-0.1, -0.05) is 12.1 Å². The smallest absolute Gasteiger partial charge is 0.416 e. The van der Waals surface area contributed by atoms with Crippen LogP contribution in [0.15, 0.2) is 53.4 Å². The fourth-order valence-electron chi connectivity index (χ4n) is 2.01. The lowest BCUT2D eigenvalue weighted by Gasteiger charge is -2.09. The number of nitrogens with one attached hydrogen (secondary N) is 1. The molecular formula is C18H18F3NO2S. The fourth-order valence-corrected chi connectivity index (χ4v) is 2.74. The maximum Gasteiger partial charge on any atom is 0.416 e. The molecule has 0 aliphatic carbocycles. The Morgan fingerprint density at radius 2 is 1.72 bits per heavy atom. The summed E-state index contributed by atoms with van der Waals surface area (Å²) in [6.45, 7) is 2.70. The summed E-state index contributed by atoms with van der Waals surface area (Å²) in [7, 11) is 0. The molecule has 2 rings (SSSR count). The summed E-state index contributed by atoms with van der Waals surface area (Å²) in [6, 6.07) is 12.2. The van der Waals surface area contributed by atoms with E-state index < -0.39 is 11.7 Å². The monoisotopic (exact) mass is 369 g/mol. The van der Waals surface area contributed by atoms with E-state index in [0.717, 1.165) is 22.8 Å². The first-order valence-corrected chi connectivity index (χ1v) is 8.65. The number of amides is 1. The second kappa shape index (κ2) is 8.80. The van der Waals surface area contributed by atoms with Crippen LogP contribution in [0.25, 0.3) is 0 Å². The lowest BCUT2D eigenvalue weighted by atomic mass is 10.1. The third-order valence-electron chi connectivity index (χ3n) is 3.28. The number of thioether (sulfide) groups is 1. The van der Waals surface area contributed by atoms with Crippen molar-refractivity contribution in [2.24, 2.45) is 0 Å². The van der Waals surface area contributed by atoms with E-state index >= 15 is 0 Å². The van der Waals surface area contributed by atoms with Crippen LogP contribution in [0.5, 0.6) is 5.75 Å². The van der Waals surface area contributed by atoms with Crippen molar-refractivity contribution < 1.29 is 22.7 Å². The Morgan fingerprint density at radius 1 is 1.08 bits per heavy atom. The van der Waals surface area contributed by atoms with Gasteiger partial charge in [-0.05, 0) is 48.9 Å². The van der Waals surface area contributed by atoms with Gasteiger partial charge in [-0.2, -0.15) is 13.2 Å². The van der Waals surface area contributed by atoms with Gasteiger partial charge in [0, 0.05) is 11.4 Å². The minimum absolute atomic E-state index is 0.182. The van der Waals surface area contributed by atoms with Crippen molar-refractivity contribution in [1.29, 1.82) is 0 Å².